The predicted molar refractivity (Wildman–Crippen MR) is 82.4 cm³/mol. The number of hydrogen-bond acceptors (Lipinski definition) is 3. The third-order valence-corrected chi connectivity index (χ3v) is 4.72. The molecule has 3 rings (SSSR count). The van der Waals surface area contributed by atoms with E-state index < -0.39 is 0 Å². The fourth-order valence-corrected chi connectivity index (χ4v) is 3.25. The molecule has 1 fully saturated rings. The Balaban J connectivity index is 1.64. The van der Waals surface area contributed by atoms with Gasteiger partial charge in [-0.05, 0) is 19.3 Å². The number of nitrogens with zero attached hydrogens (tertiary/aromatic N) is 2. The highest BCUT2D eigenvalue weighted by Gasteiger charge is 2.34. The number of likely N-dealkylation sites (tertiary alicyclic amines) is 1. The summed E-state index contributed by atoms with van der Waals surface area (Å²) >= 11 is 0. The first-order chi connectivity index (χ1) is 10.5. The standard InChI is InChI=1S/C16H24N4O2/c1-9(2)14-17-11-5-4-10(8-13(11)18-14)15(21)19-12-6-7-20(3)16(12)22/h9-10,12H,4-8H2,1-3H3,(H,17,18)(H,19,21)/t10-,12-/m0/s1. The van der Waals surface area contributed by atoms with Gasteiger partial charge in [-0.25, -0.2) is 4.98 Å². The van der Waals surface area contributed by atoms with Gasteiger partial charge in [0.05, 0.1) is 5.69 Å². The van der Waals surface area contributed by atoms with Crippen molar-refractivity contribution in [2.75, 3.05) is 13.6 Å². The highest BCUT2D eigenvalue weighted by atomic mass is 16.2. The topological polar surface area (TPSA) is 78.1 Å². The molecular weight excluding hydrogens is 280 g/mol. The second-order valence-electron chi connectivity index (χ2n) is 6.75. The number of nitrogens with one attached hydrogen (secondary N) is 2. The van der Waals surface area contributed by atoms with Crippen molar-refractivity contribution in [2.24, 2.45) is 5.92 Å². The molecule has 0 unspecified atom stereocenters. The van der Waals surface area contributed by atoms with Crippen LogP contribution < -0.4 is 5.32 Å². The Morgan fingerprint density at radius 2 is 2.18 bits per heavy atom. The van der Waals surface area contributed by atoms with E-state index in [1.54, 1.807) is 11.9 Å². The van der Waals surface area contributed by atoms with Gasteiger partial charge in [-0.1, -0.05) is 13.8 Å². The average molecular weight is 304 g/mol. The summed E-state index contributed by atoms with van der Waals surface area (Å²) in [4.78, 5) is 34.0. The van der Waals surface area contributed by atoms with Crippen molar-refractivity contribution in [3.63, 3.8) is 0 Å². The van der Waals surface area contributed by atoms with Crippen LogP contribution in [0.25, 0.3) is 0 Å². The van der Waals surface area contributed by atoms with E-state index in [0.29, 0.717) is 18.8 Å². The van der Waals surface area contributed by atoms with Gasteiger partial charge < -0.3 is 15.2 Å². The summed E-state index contributed by atoms with van der Waals surface area (Å²) in [7, 11) is 1.78. The van der Waals surface area contributed by atoms with Gasteiger partial charge in [0.2, 0.25) is 11.8 Å². The van der Waals surface area contributed by atoms with E-state index in [9.17, 15) is 9.59 Å². The van der Waals surface area contributed by atoms with Crippen molar-refractivity contribution in [3.05, 3.63) is 17.2 Å². The quantitative estimate of drug-likeness (QED) is 0.874. The number of likely N-dealkylation sites (N-methyl/N-ethyl adjacent to an activating group) is 1. The first-order valence-electron chi connectivity index (χ1n) is 8.08. The summed E-state index contributed by atoms with van der Waals surface area (Å²) in [6.45, 7) is 4.93. The Kier molecular flexibility index (Phi) is 3.93. The average Bonchev–Trinajstić information content (AvgIpc) is 3.05. The summed E-state index contributed by atoms with van der Waals surface area (Å²) in [5.41, 5.74) is 2.19. The Bertz CT molecular complexity index is 593. The molecular formula is C16H24N4O2. The van der Waals surface area contributed by atoms with Crippen molar-refractivity contribution in [2.45, 2.75) is 51.5 Å². The zero-order valence-electron chi connectivity index (χ0n) is 13.5. The molecule has 2 heterocycles. The summed E-state index contributed by atoms with van der Waals surface area (Å²) in [6, 6.07) is -0.341. The van der Waals surface area contributed by atoms with Crippen molar-refractivity contribution in [1.29, 1.82) is 0 Å². The van der Waals surface area contributed by atoms with Crippen molar-refractivity contribution in [3.8, 4) is 0 Å². The lowest BCUT2D eigenvalue weighted by molar-refractivity contribution is -0.133. The zero-order chi connectivity index (χ0) is 15.9. The molecule has 0 bridgehead atoms. The molecule has 1 aromatic rings. The number of aryl methyl sites for hydroxylation is 1. The van der Waals surface area contributed by atoms with Crippen LogP contribution in [0.5, 0.6) is 0 Å². The van der Waals surface area contributed by atoms with Crippen LogP contribution in [0, 0.1) is 5.92 Å². The smallest absolute Gasteiger partial charge is 0.244 e. The molecule has 120 valence electrons. The number of aromatic nitrogens is 2. The van der Waals surface area contributed by atoms with E-state index >= 15 is 0 Å². The molecule has 2 aliphatic rings. The molecule has 1 aromatic heterocycles. The molecule has 2 amide bonds. The molecule has 0 aromatic carbocycles. The fraction of sp³-hybridized carbons (Fsp3) is 0.688. The van der Waals surface area contributed by atoms with Crippen LogP contribution in [0.1, 0.15) is 49.8 Å². The van der Waals surface area contributed by atoms with Crippen LogP contribution in [0.4, 0.5) is 0 Å². The Labute approximate surface area is 130 Å². The molecule has 0 radical (unpaired) electrons. The maximum atomic E-state index is 12.4. The number of fused-ring (bicyclic) bond motifs is 1. The number of rotatable bonds is 3. The van der Waals surface area contributed by atoms with Crippen LogP contribution in [-0.2, 0) is 22.4 Å². The second-order valence-corrected chi connectivity index (χ2v) is 6.75. The van der Waals surface area contributed by atoms with E-state index in [4.69, 9.17) is 0 Å². The Morgan fingerprint density at radius 1 is 1.41 bits per heavy atom. The predicted octanol–water partition coefficient (Wildman–Crippen LogP) is 0.985. The number of imidazole rings is 1. The molecule has 0 saturated carbocycles. The van der Waals surface area contributed by atoms with Gasteiger partial charge in [0.1, 0.15) is 11.9 Å². The normalized spacial score (nSPS) is 24.7. The van der Waals surface area contributed by atoms with Crippen LogP contribution in [0.15, 0.2) is 0 Å². The molecule has 2 N–H and O–H groups in total. The van der Waals surface area contributed by atoms with Gasteiger partial charge in [0.15, 0.2) is 0 Å². The van der Waals surface area contributed by atoms with E-state index in [1.807, 2.05) is 0 Å². The molecule has 1 aliphatic heterocycles. The third-order valence-electron chi connectivity index (χ3n) is 4.72. The highest BCUT2D eigenvalue weighted by Crippen LogP contribution is 2.26. The Hall–Kier alpha value is -1.85. The lowest BCUT2D eigenvalue weighted by atomic mass is 9.89. The summed E-state index contributed by atoms with van der Waals surface area (Å²) < 4.78 is 0. The summed E-state index contributed by atoms with van der Waals surface area (Å²) in [5.74, 6) is 1.32. The third kappa shape index (κ3) is 2.74. The first-order valence-corrected chi connectivity index (χ1v) is 8.08. The first kappa shape index (κ1) is 15.1. The minimum Gasteiger partial charge on any atom is -0.345 e. The molecule has 1 saturated heterocycles. The minimum absolute atomic E-state index is 0.00000283. The van der Waals surface area contributed by atoms with Gasteiger partial charge >= 0.3 is 0 Å². The van der Waals surface area contributed by atoms with Gasteiger partial charge in [-0.2, -0.15) is 0 Å². The number of amides is 2. The van der Waals surface area contributed by atoms with E-state index in [-0.39, 0.29) is 23.8 Å². The van der Waals surface area contributed by atoms with E-state index in [2.05, 4.69) is 29.1 Å². The Morgan fingerprint density at radius 3 is 2.82 bits per heavy atom. The molecule has 6 nitrogen and oxygen atoms in total. The van der Waals surface area contributed by atoms with E-state index in [1.165, 1.54) is 0 Å². The number of carbonyl (C=O) groups is 2. The molecule has 2 atom stereocenters. The number of hydrogen-bond donors (Lipinski definition) is 2. The molecule has 0 spiro atoms. The SMILES string of the molecule is CC(C)c1nc2c([nH]1)C[C@@H](C(=O)N[C@H]1CCN(C)C1=O)CC2. The van der Waals surface area contributed by atoms with Crippen LogP contribution in [0.2, 0.25) is 0 Å². The molecule has 1 aliphatic carbocycles. The number of carbonyl (C=O) groups excluding carboxylic acids is 2. The van der Waals surface area contributed by atoms with Gasteiger partial charge in [0.25, 0.3) is 0 Å². The van der Waals surface area contributed by atoms with Gasteiger partial charge in [-0.15, -0.1) is 0 Å². The highest BCUT2D eigenvalue weighted by molar-refractivity contribution is 5.89. The summed E-state index contributed by atoms with van der Waals surface area (Å²) in [6.07, 6.45) is 3.03. The monoisotopic (exact) mass is 304 g/mol. The van der Waals surface area contributed by atoms with Crippen molar-refractivity contribution < 1.29 is 9.59 Å². The molecule has 22 heavy (non-hydrogen) atoms. The largest absolute Gasteiger partial charge is 0.345 e. The van der Waals surface area contributed by atoms with Crippen LogP contribution >= 0.6 is 0 Å². The lowest BCUT2D eigenvalue weighted by Gasteiger charge is -2.22. The second kappa shape index (κ2) is 5.74. The van der Waals surface area contributed by atoms with Gasteiger partial charge in [-0.3, -0.25) is 9.59 Å². The maximum Gasteiger partial charge on any atom is 0.244 e. The van der Waals surface area contributed by atoms with E-state index in [0.717, 1.165) is 36.6 Å². The van der Waals surface area contributed by atoms with Gasteiger partial charge in [0, 0.05) is 37.5 Å². The zero-order valence-corrected chi connectivity index (χ0v) is 13.5. The molecule has 6 heteroatoms. The number of H-pyrrole nitrogens is 1. The fourth-order valence-electron chi connectivity index (χ4n) is 3.25. The number of aromatic amines is 1. The maximum absolute atomic E-state index is 12.4. The summed E-state index contributed by atoms with van der Waals surface area (Å²) in [5, 5.41) is 2.92. The lowest BCUT2D eigenvalue weighted by Crippen LogP contribution is -2.44. The van der Waals surface area contributed by atoms with Crippen molar-refractivity contribution >= 4 is 11.8 Å². The van der Waals surface area contributed by atoms with Crippen molar-refractivity contribution in [1.82, 2.24) is 20.2 Å². The minimum atomic E-state index is -0.341. The van der Waals surface area contributed by atoms with Crippen LogP contribution in [-0.4, -0.2) is 46.3 Å². The van der Waals surface area contributed by atoms with Crippen LogP contribution in [0.3, 0.4) is 0 Å².